The molecule has 0 radical (unpaired) electrons. The van der Waals surface area contributed by atoms with E-state index in [0.717, 1.165) is 4.47 Å². The van der Waals surface area contributed by atoms with Crippen molar-refractivity contribution < 1.29 is 23.8 Å². The largest absolute Gasteiger partial charge is 0.464 e. The molecule has 0 N–H and O–H groups in total. The maximum atomic E-state index is 11.3. The summed E-state index contributed by atoms with van der Waals surface area (Å²) >= 11 is 3.27. The van der Waals surface area contributed by atoms with Gasteiger partial charge >= 0.3 is 11.9 Å². The zero-order chi connectivity index (χ0) is 13.4. The van der Waals surface area contributed by atoms with E-state index in [0.29, 0.717) is 5.75 Å². The number of rotatable bonds is 6. The van der Waals surface area contributed by atoms with Gasteiger partial charge in [0.15, 0.2) is 0 Å². The molecule has 0 saturated heterocycles. The fourth-order valence-electron chi connectivity index (χ4n) is 1.08. The molecule has 98 valence electrons. The molecule has 0 spiro atoms. The van der Waals surface area contributed by atoms with Crippen LogP contribution in [0.1, 0.15) is 6.92 Å². The first kappa shape index (κ1) is 14.7. The van der Waals surface area contributed by atoms with Crippen molar-refractivity contribution in [3.05, 3.63) is 28.7 Å². The highest BCUT2D eigenvalue weighted by molar-refractivity contribution is 9.10. The minimum absolute atomic E-state index is 0.261. The molecule has 0 amide bonds. The number of esters is 2. The van der Waals surface area contributed by atoms with Crippen LogP contribution in [0.4, 0.5) is 0 Å². The molecule has 0 atom stereocenters. The summed E-state index contributed by atoms with van der Waals surface area (Å²) in [4.78, 5) is 22.2. The Kier molecular flexibility index (Phi) is 6.38. The van der Waals surface area contributed by atoms with Crippen molar-refractivity contribution in [1.82, 2.24) is 0 Å². The number of benzene rings is 1. The van der Waals surface area contributed by atoms with Crippen molar-refractivity contribution >= 4 is 27.9 Å². The molecule has 0 bridgehead atoms. The van der Waals surface area contributed by atoms with Gasteiger partial charge in [-0.05, 0) is 31.2 Å². The lowest BCUT2D eigenvalue weighted by Gasteiger charge is -2.05. The quantitative estimate of drug-likeness (QED) is 0.593. The van der Waals surface area contributed by atoms with Gasteiger partial charge in [-0.2, -0.15) is 0 Å². The van der Waals surface area contributed by atoms with Gasteiger partial charge in [-0.3, -0.25) is 0 Å². The molecule has 6 heteroatoms. The second-order valence-corrected chi connectivity index (χ2v) is 4.14. The van der Waals surface area contributed by atoms with Crippen LogP contribution in [0.3, 0.4) is 0 Å². The Morgan fingerprint density at radius 1 is 1.11 bits per heavy atom. The van der Waals surface area contributed by atoms with Crippen molar-refractivity contribution in [3.63, 3.8) is 0 Å². The summed E-state index contributed by atoms with van der Waals surface area (Å²) < 4.78 is 15.3. The Labute approximate surface area is 113 Å². The number of hydrogen-bond acceptors (Lipinski definition) is 5. The zero-order valence-corrected chi connectivity index (χ0v) is 11.4. The van der Waals surface area contributed by atoms with Crippen LogP contribution >= 0.6 is 15.9 Å². The lowest BCUT2D eigenvalue weighted by atomic mass is 10.3. The first-order valence-electron chi connectivity index (χ1n) is 5.31. The predicted octanol–water partition coefficient (Wildman–Crippen LogP) is 1.93. The molecular formula is C12H13BrO5. The van der Waals surface area contributed by atoms with Crippen molar-refractivity contribution in [2.24, 2.45) is 0 Å². The van der Waals surface area contributed by atoms with Gasteiger partial charge in [0.1, 0.15) is 19.0 Å². The van der Waals surface area contributed by atoms with Gasteiger partial charge < -0.3 is 14.2 Å². The molecule has 0 aliphatic rings. The summed E-state index contributed by atoms with van der Waals surface area (Å²) in [7, 11) is 0. The van der Waals surface area contributed by atoms with Crippen LogP contribution in [0.15, 0.2) is 28.7 Å². The van der Waals surface area contributed by atoms with Gasteiger partial charge in [0.2, 0.25) is 0 Å². The third-order valence-corrected chi connectivity index (χ3v) is 2.32. The van der Waals surface area contributed by atoms with Crippen LogP contribution in [0, 0.1) is 0 Å². The molecule has 1 aromatic rings. The lowest BCUT2D eigenvalue weighted by molar-refractivity contribution is -0.151. The molecule has 0 unspecified atom stereocenters. The average molecular weight is 317 g/mol. The molecule has 5 nitrogen and oxygen atoms in total. The highest BCUT2D eigenvalue weighted by atomic mass is 79.9. The van der Waals surface area contributed by atoms with Crippen molar-refractivity contribution in [3.8, 4) is 5.75 Å². The van der Waals surface area contributed by atoms with Crippen molar-refractivity contribution in [1.29, 1.82) is 0 Å². The molecular weight excluding hydrogens is 304 g/mol. The molecule has 1 rings (SSSR count). The standard InChI is InChI=1S/C12H13BrO5/c1-2-17-11(14)7-16-8-12(15)18-10-5-3-9(13)4-6-10/h3-6H,2,7-8H2,1H3. The molecule has 1 aromatic carbocycles. The van der Waals surface area contributed by atoms with Gasteiger partial charge in [0.05, 0.1) is 6.61 Å². The Morgan fingerprint density at radius 2 is 1.72 bits per heavy atom. The van der Waals surface area contributed by atoms with Gasteiger partial charge in [-0.15, -0.1) is 0 Å². The number of ether oxygens (including phenoxy) is 3. The first-order valence-corrected chi connectivity index (χ1v) is 6.10. The van der Waals surface area contributed by atoms with E-state index in [2.05, 4.69) is 20.7 Å². The zero-order valence-electron chi connectivity index (χ0n) is 9.85. The summed E-state index contributed by atoms with van der Waals surface area (Å²) in [6, 6.07) is 6.80. The van der Waals surface area contributed by atoms with E-state index in [1.807, 2.05) is 0 Å². The Hall–Kier alpha value is -1.40. The summed E-state index contributed by atoms with van der Waals surface area (Å²) in [5, 5.41) is 0. The van der Waals surface area contributed by atoms with Crippen LogP contribution in [0.2, 0.25) is 0 Å². The predicted molar refractivity (Wildman–Crippen MR) is 67.2 cm³/mol. The topological polar surface area (TPSA) is 61.8 Å². The summed E-state index contributed by atoms with van der Waals surface area (Å²) in [5.74, 6) is -0.654. The van der Waals surface area contributed by atoms with Gasteiger partial charge in [0, 0.05) is 4.47 Å². The van der Waals surface area contributed by atoms with Crippen LogP contribution in [-0.4, -0.2) is 31.8 Å². The maximum Gasteiger partial charge on any atom is 0.337 e. The van der Waals surface area contributed by atoms with E-state index in [1.54, 1.807) is 31.2 Å². The Balaban J connectivity index is 2.25. The third kappa shape index (κ3) is 5.79. The lowest BCUT2D eigenvalue weighted by Crippen LogP contribution is -2.20. The second kappa shape index (κ2) is 7.84. The van der Waals surface area contributed by atoms with Crippen LogP contribution < -0.4 is 4.74 Å². The molecule has 18 heavy (non-hydrogen) atoms. The van der Waals surface area contributed by atoms with Crippen LogP contribution in [0.25, 0.3) is 0 Å². The minimum Gasteiger partial charge on any atom is -0.464 e. The molecule has 0 saturated carbocycles. The van der Waals surface area contributed by atoms with Crippen LogP contribution in [-0.2, 0) is 19.1 Å². The van der Waals surface area contributed by atoms with E-state index < -0.39 is 11.9 Å². The van der Waals surface area contributed by atoms with Gasteiger partial charge in [-0.25, -0.2) is 9.59 Å². The first-order chi connectivity index (χ1) is 8.61. The highest BCUT2D eigenvalue weighted by Crippen LogP contribution is 2.16. The number of halogens is 1. The number of hydrogen-bond donors (Lipinski definition) is 0. The second-order valence-electron chi connectivity index (χ2n) is 3.23. The summed E-state index contributed by atoms with van der Waals surface area (Å²) in [6.45, 7) is 1.42. The van der Waals surface area contributed by atoms with E-state index in [-0.39, 0.29) is 19.8 Å². The van der Waals surface area contributed by atoms with E-state index in [1.165, 1.54) is 0 Å². The smallest absolute Gasteiger partial charge is 0.337 e. The number of carbonyl (C=O) groups excluding carboxylic acids is 2. The minimum atomic E-state index is -0.568. The molecule has 0 aliphatic heterocycles. The maximum absolute atomic E-state index is 11.3. The van der Waals surface area contributed by atoms with Crippen LogP contribution in [0.5, 0.6) is 5.75 Å². The summed E-state index contributed by atoms with van der Waals surface area (Å²) in [5.41, 5.74) is 0. The highest BCUT2D eigenvalue weighted by Gasteiger charge is 2.07. The number of carbonyl (C=O) groups is 2. The normalized spacial score (nSPS) is 9.89. The average Bonchev–Trinajstić information content (AvgIpc) is 2.32. The van der Waals surface area contributed by atoms with Gasteiger partial charge in [0.25, 0.3) is 0 Å². The monoisotopic (exact) mass is 316 g/mol. The molecule has 0 aromatic heterocycles. The van der Waals surface area contributed by atoms with Crippen molar-refractivity contribution in [2.45, 2.75) is 6.92 Å². The SMILES string of the molecule is CCOC(=O)COCC(=O)Oc1ccc(Br)cc1. The molecule has 0 aliphatic carbocycles. The summed E-state index contributed by atoms with van der Waals surface area (Å²) in [6.07, 6.45) is 0. The molecule has 0 fully saturated rings. The van der Waals surface area contributed by atoms with E-state index in [9.17, 15) is 9.59 Å². The fourth-order valence-corrected chi connectivity index (χ4v) is 1.35. The Morgan fingerprint density at radius 3 is 2.33 bits per heavy atom. The fraction of sp³-hybridized carbons (Fsp3) is 0.333. The third-order valence-electron chi connectivity index (χ3n) is 1.79. The van der Waals surface area contributed by atoms with E-state index in [4.69, 9.17) is 9.47 Å². The Bertz CT molecular complexity index is 401. The van der Waals surface area contributed by atoms with E-state index >= 15 is 0 Å². The van der Waals surface area contributed by atoms with Crippen molar-refractivity contribution in [2.75, 3.05) is 19.8 Å². The van der Waals surface area contributed by atoms with Gasteiger partial charge in [-0.1, -0.05) is 15.9 Å². The molecule has 0 heterocycles.